The van der Waals surface area contributed by atoms with E-state index in [2.05, 4.69) is 4.99 Å². The minimum atomic E-state index is -0.888. The summed E-state index contributed by atoms with van der Waals surface area (Å²) in [5.41, 5.74) is 2.12. The number of fused-ring (bicyclic) bond motifs is 3. The van der Waals surface area contributed by atoms with Gasteiger partial charge in [0.25, 0.3) is 0 Å². The molecule has 1 saturated heterocycles. The molecule has 3 aliphatic rings. The topological polar surface area (TPSA) is 65.0 Å². The number of aliphatic imine (C=N–C) groups is 1. The van der Waals surface area contributed by atoms with Gasteiger partial charge in [-0.3, -0.25) is 9.59 Å². The van der Waals surface area contributed by atoms with Gasteiger partial charge < -0.3 is 9.47 Å². The summed E-state index contributed by atoms with van der Waals surface area (Å²) in [5, 5.41) is 0.562. The van der Waals surface area contributed by atoms with Crippen molar-refractivity contribution in [3.8, 4) is 0 Å². The highest BCUT2D eigenvalue weighted by Gasteiger charge is 2.55. The largest absolute Gasteiger partial charge is 0.343 e. The Balaban J connectivity index is 1.56. The second-order valence-corrected chi connectivity index (χ2v) is 9.66. The molecule has 0 aromatic heterocycles. The summed E-state index contributed by atoms with van der Waals surface area (Å²) in [4.78, 5) is 30.2. The van der Waals surface area contributed by atoms with E-state index in [0.29, 0.717) is 16.3 Å². The number of rotatable bonds is 2. The van der Waals surface area contributed by atoms with Gasteiger partial charge in [0.1, 0.15) is 16.3 Å². The maximum atomic E-state index is 12.9. The predicted molar refractivity (Wildman–Crippen MR) is 120 cm³/mol. The summed E-state index contributed by atoms with van der Waals surface area (Å²) in [6.07, 6.45) is 1.58. The van der Waals surface area contributed by atoms with Crippen LogP contribution in [0.1, 0.15) is 48.7 Å². The van der Waals surface area contributed by atoms with E-state index >= 15 is 0 Å². The molecule has 6 heteroatoms. The fraction of sp³-hybridized carbons (Fsp3) is 0.320. The standard InChI is InChI=1S/C25H23NO4S/c1-24(2)29-21(14-19-23(28)31-22(26-19)15-9-5-4-6-10-15)18-13-20(27)16-11-7-8-12-17(16)25(18,3)30-24/h4-12,14,18,21H,13H2,1-3H3. The molecular weight excluding hydrogens is 410 g/mol. The quantitative estimate of drug-likeness (QED) is 0.633. The van der Waals surface area contributed by atoms with Gasteiger partial charge >= 0.3 is 0 Å². The van der Waals surface area contributed by atoms with Crippen LogP contribution in [0.2, 0.25) is 0 Å². The van der Waals surface area contributed by atoms with E-state index < -0.39 is 17.5 Å². The summed E-state index contributed by atoms with van der Waals surface area (Å²) < 4.78 is 12.7. The van der Waals surface area contributed by atoms with Crippen LogP contribution in [0.25, 0.3) is 0 Å². The van der Waals surface area contributed by atoms with Gasteiger partial charge in [0.15, 0.2) is 11.6 Å². The van der Waals surface area contributed by atoms with Crippen LogP contribution in [0.15, 0.2) is 71.4 Å². The molecule has 2 aliphatic heterocycles. The Kier molecular flexibility index (Phi) is 4.77. The van der Waals surface area contributed by atoms with Gasteiger partial charge in [0.05, 0.1) is 6.10 Å². The molecule has 0 amide bonds. The number of hydrogen-bond donors (Lipinski definition) is 0. The van der Waals surface area contributed by atoms with Crippen LogP contribution in [-0.4, -0.2) is 27.8 Å². The molecule has 3 atom stereocenters. The predicted octanol–water partition coefficient (Wildman–Crippen LogP) is 4.86. The minimum Gasteiger partial charge on any atom is -0.343 e. The van der Waals surface area contributed by atoms with Crippen LogP contribution in [0, 0.1) is 5.92 Å². The average Bonchev–Trinajstić information content (AvgIpc) is 3.10. The second-order valence-electron chi connectivity index (χ2n) is 8.70. The first kappa shape index (κ1) is 20.4. The summed E-state index contributed by atoms with van der Waals surface area (Å²) in [7, 11) is 0. The maximum Gasteiger partial charge on any atom is 0.243 e. The Hall–Kier alpha value is -2.54. The molecular formula is C25H23NO4S. The van der Waals surface area contributed by atoms with Crippen molar-refractivity contribution in [1.29, 1.82) is 0 Å². The van der Waals surface area contributed by atoms with Crippen molar-refractivity contribution >= 4 is 27.7 Å². The molecule has 0 saturated carbocycles. The molecule has 2 aromatic rings. The minimum absolute atomic E-state index is 0.0639. The summed E-state index contributed by atoms with van der Waals surface area (Å²) >= 11 is 1.12. The number of benzene rings is 2. The molecule has 2 heterocycles. The molecule has 0 spiro atoms. The molecule has 0 N–H and O–H groups in total. The normalized spacial score (nSPS) is 30.7. The number of nitrogens with zero attached hydrogens (tertiary/aromatic N) is 1. The molecule has 5 nitrogen and oxygen atoms in total. The van der Waals surface area contributed by atoms with Gasteiger partial charge in [-0.15, -0.1) is 0 Å². The van der Waals surface area contributed by atoms with Crippen molar-refractivity contribution in [2.75, 3.05) is 0 Å². The highest BCUT2D eigenvalue weighted by molar-refractivity contribution is 8.27. The molecule has 1 fully saturated rings. The number of hydrogen-bond acceptors (Lipinski definition) is 6. The van der Waals surface area contributed by atoms with Gasteiger partial charge in [-0.05, 0) is 44.2 Å². The second kappa shape index (κ2) is 7.26. The van der Waals surface area contributed by atoms with Crippen LogP contribution in [0.3, 0.4) is 0 Å². The highest BCUT2D eigenvalue weighted by atomic mass is 32.2. The fourth-order valence-electron chi connectivity index (χ4n) is 4.80. The number of ether oxygens (including phenoxy) is 2. The first-order chi connectivity index (χ1) is 14.8. The third kappa shape index (κ3) is 3.49. The monoisotopic (exact) mass is 433 g/mol. The van der Waals surface area contributed by atoms with Crippen molar-refractivity contribution in [2.24, 2.45) is 10.9 Å². The Labute approximate surface area is 185 Å². The third-order valence-electron chi connectivity index (χ3n) is 6.11. The van der Waals surface area contributed by atoms with E-state index in [1.54, 1.807) is 6.08 Å². The SMILES string of the molecule is CC1(C)OC(C=C2N=C(c3ccccc3)SC2=O)C2CC(=O)c3ccccc3C2(C)O1. The van der Waals surface area contributed by atoms with Gasteiger partial charge in [-0.25, -0.2) is 4.99 Å². The van der Waals surface area contributed by atoms with Gasteiger partial charge in [-0.2, -0.15) is 0 Å². The summed E-state index contributed by atoms with van der Waals surface area (Å²) in [5.74, 6) is -1.08. The first-order valence-electron chi connectivity index (χ1n) is 10.4. The maximum absolute atomic E-state index is 12.9. The Morgan fingerprint density at radius 3 is 2.52 bits per heavy atom. The average molecular weight is 434 g/mol. The molecule has 3 unspecified atom stereocenters. The smallest absolute Gasteiger partial charge is 0.243 e. The molecule has 31 heavy (non-hydrogen) atoms. The van der Waals surface area contributed by atoms with Gasteiger partial charge in [-0.1, -0.05) is 54.6 Å². The first-order valence-corrected chi connectivity index (χ1v) is 11.2. The van der Waals surface area contributed by atoms with Crippen LogP contribution in [0.4, 0.5) is 0 Å². The van der Waals surface area contributed by atoms with E-state index in [0.717, 1.165) is 22.9 Å². The van der Waals surface area contributed by atoms with Crippen LogP contribution < -0.4 is 0 Å². The molecule has 0 bridgehead atoms. The lowest BCUT2D eigenvalue weighted by Gasteiger charge is -2.53. The van der Waals surface area contributed by atoms with Crippen LogP contribution in [0.5, 0.6) is 0 Å². The van der Waals surface area contributed by atoms with Crippen molar-refractivity contribution in [1.82, 2.24) is 0 Å². The lowest BCUT2D eigenvalue weighted by Crippen LogP contribution is -2.57. The molecule has 2 aromatic carbocycles. The summed E-state index contributed by atoms with van der Waals surface area (Å²) in [6, 6.07) is 17.2. The van der Waals surface area contributed by atoms with Crippen LogP contribution in [-0.2, 0) is 19.9 Å². The Morgan fingerprint density at radius 2 is 1.74 bits per heavy atom. The number of carbonyl (C=O) groups is 2. The van der Waals surface area contributed by atoms with Crippen molar-refractivity contribution < 1.29 is 19.1 Å². The number of ketones is 1. The zero-order valence-corrected chi connectivity index (χ0v) is 18.4. The molecule has 0 radical (unpaired) electrons. The zero-order chi connectivity index (χ0) is 21.8. The Bertz CT molecular complexity index is 1140. The lowest BCUT2D eigenvalue weighted by atomic mass is 9.68. The van der Waals surface area contributed by atoms with E-state index in [1.165, 1.54) is 0 Å². The van der Waals surface area contributed by atoms with E-state index in [4.69, 9.17) is 9.47 Å². The number of carbonyl (C=O) groups excluding carboxylic acids is 2. The van der Waals surface area contributed by atoms with E-state index in [1.807, 2.05) is 75.4 Å². The van der Waals surface area contributed by atoms with Crippen molar-refractivity contribution in [3.05, 3.63) is 83.1 Å². The molecule has 5 rings (SSSR count). The number of Topliss-reactive ketones (excluding diaryl/α,β-unsaturated/α-hetero) is 1. The molecule has 158 valence electrons. The molecule has 1 aliphatic carbocycles. The zero-order valence-electron chi connectivity index (χ0n) is 17.6. The summed E-state index contributed by atoms with van der Waals surface area (Å²) in [6.45, 7) is 5.74. The van der Waals surface area contributed by atoms with E-state index in [9.17, 15) is 9.59 Å². The van der Waals surface area contributed by atoms with Gasteiger partial charge in [0, 0.05) is 23.5 Å². The lowest BCUT2D eigenvalue weighted by molar-refractivity contribution is -0.350. The van der Waals surface area contributed by atoms with Crippen molar-refractivity contribution in [2.45, 2.75) is 44.7 Å². The third-order valence-corrected chi connectivity index (χ3v) is 7.03. The van der Waals surface area contributed by atoms with E-state index in [-0.39, 0.29) is 23.2 Å². The highest BCUT2D eigenvalue weighted by Crippen LogP contribution is 2.51. The fourth-order valence-corrected chi connectivity index (χ4v) is 5.59. The Morgan fingerprint density at radius 1 is 1.03 bits per heavy atom. The number of thioether (sulfide) groups is 1. The van der Waals surface area contributed by atoms with Gasteiger partial charge in [0.2, 0.25) is 5.12 Å². The van der Waals surface area contributed by atoms with Crippen molar-refractivity contribution in [3.63, 3.8) is 0 Å². The van der Waals surface area contributed by atoms with Crippen LogP contribution >= 0.6 is 11.8 Å².